The summed E-state index contributed by atoms with van der Waals surface area (Å²) in [5, 5.41) is 4.37. The molecule has 1 amide bonds. The van der Waals surface area contributed by atoms with E-state index in [2.05, 4.69) is 28.8 Å². The molecule has 1 heterocycles. The number of benzene rings is 1. The Morgan fingerprint density at radius 2 is 1.27 bits per heavy atom. The van der Waals surface area contributed by atoms with Crippen LogP contribution in [0.15, 0.2) is 24.3 Å². The molecule has 3 nitrogen and oxygen atoms in total. The molecule has 2 saturated carbocycles. The molecule has 37 heavy (non-hydrogen) atoms. The molecule has 0 spiro atoms. The molecule has 0 radical (unpaired) electrons. The number of hydrogen-bond donors (Lipinski definition) is 1. The van der Waals surface area contributed by atoms with E-state index in [4.69, 9.17) is 0 Å². The van der Waals surface area contributed by atoms with Crippen molar-refractivity contribution in [1.82, 2.24) is 5.32 Å². The standard InChI is InChI=1S/C32H49NO2S2/c1-23(2)33-32(35)27-17-15-26(16-18-27)31(34)28-21-36-29-12-6-5-9-24(14-19-29)8-3-4-10-25-11-7-13-30(20-25)37-22-28/h15-18,23-25,28-30H,3-14,19-22H2,1-2H3,(H,33,35)/t24?,25-,28?,29?,30?/m0/s1. The number of rotatable bonds is 4. The van der Waals surface area contributed by atoms with Crippen molar-refractivity contribution >= 4 is 35.2 Å². The number of Topliss-reactive ketones (excluding diaryl/α,β-unsaturated/α-hetero) is 1. The van der Waals surface area contributed by atoms with Gasteiger partial charge in [0.1, 0.15) is 0 Å². The molecule has 3 fully saturated rings. The Balaban J connectivity index is 1.46. The Bertz CT molecular complexity index is 855. The lowest BCUT2D eigenvalue weighted by atomic mass is 9.83. The van der Waals surface area contributed by atoms with Gasteiger partial charge in [0.15, 0.2) is 5.78 Å². The van der Waals surface area contributed by atoms with Gasteiger partial charge in [0, 0.05) is 45.1 Å². The van der Waals surface area contributed by atoms with Gasteiger partial charge in [0.05, 0.1) is 0 Å². The summed E-state index contributed by atoms with van der Waals surface area (Å²) in [5.41, 5.74) is 1.39. The minimum absolute atomic E-state index is 0.0554. The lowest BCUT2D eigenvalue weighted by Gasteiger charge is -2.31. The van der Waals surface area contributed by atoms with Crippen molar-refractivity contribution in [2.75, 3.05) is 11.5 Å². The highest BCUT2D eigenvalue weighted by Crippen LogP contribution is 2.38. The van der Waals surface area contributed by atoms with Crippen molar-refractivity contribution in [3.63, 3.8) is 0 Å². The van der Waals surface area contributed by atoms with E-state index < -0.39 is 0 Å². The van der Waals surface area contributed by atoms with Crippen molar-refractivity contribution in [2.24, 2.45) is 17.8 Å². The molecule has 1 aliphatic heterocycles. The van der Waals surface area contributed by atoms with Gasteiger partial charge in [-0.1, -0.05) is 69.9 Å². The van der Waals surface area contributed by atoms with Crippen LogP contribution in [0, 0.1) is 17.8 Å². The van der Waals surface area contributed by atoms with Crippen molar-refractivity contribution < 1.29 is 9.59 Å². The van der Waals surface area contributed by atoms with Gasteiger partial charge in [-0.15, -0.1) is 0 Å². The number of ketones is 1. The van der Waals surface area contributed by atoms with Crippen molar-refractivity contribution in [2.45, 2.75) is 120 Å². The molecule has 0 aromatic heterocycles. The normalized spacial score (nSPS) is 30.3. The predicted octanol–water partition coefficient (Wildman–Crippen LogP) is 8.56. The van der Waals surface area contributed by atoms with Crippen LogP contribution in [0.5, 0.6) is 0 Å². The molecule has 3 aliphatic rings. The second-order valence-electron chi connectivity index (χ2n) is 12.2. The minimum Gasteiger partial charge on any atom is -0.350 e. The summed E-state index contributed by atoms with van der Waals surface area (Å²) in [5.74, 6) is 3.96. The topological polar surface area (TPSA) is 46.2 Å². The van der Waals surface area contributed by atoms with Crippen LogP contribution >= 0.6 is 23.5 Å². The molecule has 1 N–H and O–H groups in total. The van der Waals surface area contributed by atoms with Crippen LogP contribution in [-0.2, 0) is 0 Å². The zero-order chi connectivity index (χ0) is 26.0. The number of amides is 1. The van der Waals surface area contributed by atoms with Crippen LogP contribution < -0.4 is 5.32 Å². The number of hydrogen-bond acceptors (Lipinski definition) is 4. The number of nitrogens with one attached hydrogen (secondary N) is 1. The third-order valence-electron chi connectivity index (χ3n) is 8.78. The van der Waals surface area contributed by atoms with Gasteiger partial charge < -0.3 is 5.32 Å². The lowest BCUT2D eigenvalue weighted by Crippen LogP contribution is -2.30. The molecular formula is C32H49NO2S2. The quantitative estimate of drug-likeness (QED) is 0.386. The van der Waals surface area contributed by atoms with Crippen molar-refractivity contribution in [1.29, 1.82) is 0 Å². The monoisotopic (exact) mass is 543 g/mol. The smallest absolute Gasteiger partial charge is 0.251 e. The van der Waals surface area contributed by atoms with Gasteiger partial charge in [0.2, 0.25) is 0 Å². The Morgan fingerprint density at radius 1 is 0.703 bits per heavy atom. The Labute approximate surface area is 234 Å². The van der Waals surface area contributed by atoms with E-state index in [1.807, 2.05) is 38.1 Å². The average Bonchev–Trinajstić information content (AvgIpc) is 2.88. The highest BCUT2D eigenvalue weighted by Gasteiger charge is 2.28. The fourth-order valence-electron chi connectivity index (χ4n) is 6.56. The van der Waals surface area contributed by atoms with Gasteiger partial charge in [0.25, 0.3) is 5.91 Å². The second kappa shape index (κ2) is 15.0. The van der Waals surface area contributed by atoms with E-state index >= 15 is 0 Å². The second-order valence-corrected chi connectivity index (χ2v) is 14.9. The van der Waals surface area contributed by atoms with Crippen molar-refractivity contribution in [3.8, 4) is 0 Å². The molecule has 1 saturated heterocycles. The zero-order valence-electron chi connectivity index (χ0n) is 23.2. The maximum atomic E-state index is 13.8. The van der Waals surface area contributed by atoms with E-state index in [0.717, 1.165) is 34.2 Å². The molecule has 2 aliphatic carbocycles. The predicted molar refractivity (Wildman–Crippen MR) is 161 cm³/mol. The number of carbonyl (C=O) groups excluding carboxylic acids is 2. The number of thioether (sulfide) groups is 2. The average molecular weight is 544 g/mol. The van der Waals surface area contributed by atoms with E-state index in [1.54, 1.807) is 0 Å². The van der Waals surface area contributed by atoms with E-state index in [0.29, 0.717) is 10.8 Å². The zero-order valence-corrected chi connectivity index (χ0v) is 24.9. The van der Waals surface area contributed by atoms with Gasteiger partial charge in [-0.2, -0.15) is 23.5 Å². The maximum absolute atomic E-state index is 13.8. The molecule has 206 valence electrons. The highest BCUT2D eigenvalue weighted by molar-refractivity contribution is 8.00. The summed E-state index contributed by atoms with van der Waals surface area (Å²) in [6.45, 7) is 3.93. The Hall–Kier alpha value is -0.940. The lowest BCUT2D eigenvalue weighted by molar-refractivity contribution is 0.0932. The molecule has 1 aromatic rings. The summed E-state index contributed by atoms with van der Waals surface area (Å²) in [7, 11) is 0. The van der Waals surface area contributed by atoms with Crippen LogP contribution in [0.3, 0.4) is 0 Å². The van der Waals surface area contributed by atoms with Crippen LogP contribution in [-0.4, -0.2) is 39.7 Å². The summed E-state index contributed by atoms with van der Waals surface area (Å²) in [4.78, 5) is 26.1. The molecular weight excluding hydrogens is 494 g/mol. The summed E-state index contributed by atoms with van der Waals surface area (Å²) in [6.07, 6.45) is 19.4. The summed E-state index contributed by atoms with van der Waals surface area (Å²) < 4.78 is 0. The van der Waals surface area contributed by atoms with E-state index in [9.17, 15) is 9.59 Å². The van der Waals surface area contributed by atoms with Gasteiger partial charge >= 0.3 is 0 Å². The van der Waals surface area contributed by atoms with E-state index in [1.165, 1.54) is 89.9 Å². The Morgan fingerprint density at radius 3 is 1.97 bits per heavy atom. The fraction of sp³-hybridized carbons (Fsp3) is 0.750. The first-order valence-electron chi connectivity index (χ1n) is 15.2. The number of carbonyl (C=O) groups is 2. The van der Waals surface area contributed by atoms with Crippen LogP contribution in [0.2, 0.25) is 0 Å². The first-order chi connectivity index (χ1) is 18.0. The largest absolute Gasteiger partial charge is 0.350 e. The van der Waals surface area contributed by atoms with Gasteiger partial charge in [-0.3, -0.25) is 9.59 Å². The molecule has 1 aromatic carbocycles. The van der Waals surface area contributed by atoms with E-state index in [-0.39, 0.29) is 23.7 Å². The maximum Gasteiger partial charge on any atom is 0.251 e. The third-order valence-corrected chi connectivity index (χ3v) is 11.8. The summed E-state index contributed by atoms with van der Waals surface area (Å²) in [6, 6.07) is 7.50. The van der Waals surface area contributed by atoms with Gasteiger partial charge in [-0.25, -0.2) is 0 Å². The van der Waals surface area contributed by atoms with Crippen LogP contribution in [0.25, 0.3) is 0 Å². The molecule has 5 atom stereocenters. The molecule has 4 rings (SSSR count). The Kier molecular flexibility index (Phi) is 11.8. The van der Waals surface area contributed by atoms with Gasteiger partial charge in [-0.05, 0) is 69.9 Å². The van der Waals surface area contributed by atoms with Crippen molar-refractivity contribution in [3.05, 3.63) is 35.4 Å². The number of fused-ring (bicyclic) bond motifs is 5. The fourth-order valence-corrected chi connectivity index (χ4v) is 9.64. The molecule has 4 bridgehead atoms. The third kappa shape index (κ3) is 9.34. The summed E-state index contributed by atoms with van der Waals surface area (Å²) >= 11 is 4.18. The molecule has 4 unspecified atom stereocenters. The molecule has 5 heteroatoms. The van der Waals surface area contributed by atoms with Crippen LogP contribution in [0.1, 0.15) is 124 Å². The first kappa shape index (κ1) is 29.1. The SMILES string of the molecule is CC(C)NC(=O)c1ccc(C(=O)C2CSC3CCCCC(CCCC[C@H]4CCCC(C4)SC2)CC3)cc1. The highest BCUT2D eigenvalue weighted by atomic mass is 32.2. The first-order valence-corrected chi connectivity index (χ1v) is 17.3. The van der Waals surface area contributed by atoms with Crippen LogP contribution in [0.4, 0.5) is 0 Å². The minimum atomic E-state index is -0.0701.